The summed E-state index contributed by atoms with van der Waals surface area (Å²) in [5, 5.41) is 0. The third-order valence-corrected chi connectivity index (χ3v) is 3.15. The Balaban J connectivity index is 1.75. The summed E-state index contributed by atoms with van der Waals surface area (Å²) in [6, 6.07) is 0. The highest BCUT2D eigenvalue weighted by molar-refractivity contribution is 5.48. The highest BCUT2D eigenvalue weighted by Crippen LogP contribution is 2.18. The van der Waals surface area contributed by atoms with Crippen molar-refractivity contribution in [2.75, 3.05) is 0 Å². The van der Waals surface area contributed by atoms with Crippen LogP contribution in [0.1, 0.15) is 71.1 Å². The Hall–Kier alpha value is -0.450. The van der Waals surface area contributed by atoms with Gasteiger partial charge in [0.15, 0.2) is 12.6 Å². The van der Waals surface area contributed by atoms with Gasteiger partial charge in [0.2, 0.25) is 0 Å². The van der Waals surface area contributed by atoms with E-state index < -0.39 is 0 Å². The number of carbonyl (C=O) groups excluding carboxylic acids is 1. The van der Waals surface area contributed by atoms with E-state index in [9.17, 15) is 4.79 Å². The second-order valence-electron chi connectivity index (χ2n) is 4.90. The smallest absolute Gasteiger partial charge is 0.194 e. The van der Waals surface area contributed by atoms with Gasteiger partial charge in [0.1, 0.15) is 6.29 Å². The number of carbonyl (C=O) groups is 1. The molecule has 0 unspecified atom stereocenters. The van der Waals surface area contributed by atoms with Crippen LogP contribution >= 0.6 is 0 Å². The first-order valence-corrected chi connectivity index (χ1v) is 7.24. The second kappa shape index (κ2) is 10.5. The molecule has 0 aliphatic carbocycles. The maximum atomic E-state index is 10.1. The van der Waals surface area contributed by atoms with Crippen LogP contribution in [0, 0.1) is 0 Å². The molecule has 2 atom stereocenters. The standard InChI is InChI=1S/C14H26O4/c1-13-16-14(18-17-13)11-9-7-5-3-2-4-6-8-10-12-15/h12-14H,2-11H2,1H3/t13-,14-/m0/s1. The minimum atomic E-state index is -0.221. The van der Waals surface area contributed by atoms with Gasteiger partial charge in [0, 0.05) is 12.8 Å². The van der Waals surface area contributed by atoms with Gasteiger partial charge in [0.05, 0.1) is 0 Å². The summed E-state index contributed by atoms with van der Waals surface area (Å²) in [6.07, 6.45) is 12.0. The van der Waals surface area contributed by atoms with Crippen molar-refractivity contribution in [3.05, 3.63) is 0 Å². The summed E-state index contributed by atoms with van der Waals surface area (Å²) in [7, 11) is 0. The second-order valence-corrected chi connectivity index (χ2v) is 4.90. The van der Waals surface area contributed by atoms with Gasteiger partial charge in [0.25, 0.3) is 0 Å². The van der Waals surface area contributed by atoms with E-state index in [1.54, 1.807) is 0 Å². The SMILES string of the molecule is C[C@@H]1OO[C@@H](CCCCCCCCCCC=O)O1. The molecule has 0 spiro atoms. The number of aldehydes is 1. The molecule has 0 bridgehead atoms. The van der Waals surface area contributed by atoms with E-state index in [0.29, 0.717) is 0 Å². The molecule has 0 aromatic heterocycles. The highest BCUT2D eigenvalue weighted by atomic mass is 17.3. The van der Waals surface area contributed by atoms with Crippen molar-refractivity contribution in [1.29, 1.82) is 0 Å². The number of unbranched alkanes of at least 4 members (excludes halogenated alkanes) is 8. The number of rotatable bonds is 11. The molecule has 1 rings (SSSR count). The molecule has 0 saturated carbocycles. The number of ether oxygens (including phenoxy) is 1. The lowest BCUT2D eigenvalue weighted by Crippen LogP contribution is -2.08. The molecular weight excluding hydrogens is 232 g/mol. The molecule has 1 saturated heterocycles. The van der Waals surface area contributed by atoms with Gasteiger partial charge < -0.3 is 9.53 Å². The maximum Gasteiger partial charge on any atom is 0.194 e. The summed E-state index contributed by atoms with van der Waals surface area (Å²) < 4.78 is 5.37. The summed E-state index contributed by atoms with van der Waals surface area (Å²) in [6.45, 7) is 1.84. The van der Waals surface area contributed by atoms with Gasteiger partial charge in [-0.2, -0.15) is 0 Å². The molecule has 0 aromatic carbocycles. The average Bonchev–Trinajstić information content (AvgIpc) is 2.77. The molecule has 106 valence electrons. The lowest BCUT2D eigenvalue weighted by molar-refractivity contribution is -0.294. The van der Waals surface area contributed by atoms with Gasteiger partial charge in [-0.25, -0.2) is 9.78 Å². The molecule has 1 aliphatic heterocycles. The molecule has 0 amide bonds. The van der Waals surface area contributed by atoms with Crippen LogP contribution in [0.3, 0.4) is 0 Å². The van der Waals surface area contributed by atoms with E-state index in [2.05, 4.69) is 0 Å². The Morgan fingerprint density at radius 2 is 1.50 bits per heavy atom. The predicted octanol–water partition coefficient (Wildman–Crippen LogP) is 3.74. The van der Waals surface area contributed by atoms with Gasteiger partial charge in [-0.15, -0.1) is 0 Å². The Bertz CT molecular complexity index is 208. The summed E-state index contributed by atoms with van der Waals surface area (Å²) in [4.78, 5) is 20.0. The summed E-state index contributed by atoms with van der Waals surface area (Å²) in [5.74, 6) is 0. The third-order valence-electron chi connectivity index (χ3n) is 3.15. The van der Waals surface area contributed by atoms with Crippen molar-refractivity contribution in [3.63, 3.8) is 0 Å². The number of hydrogen-bond donors (Lipinski definition) is 0. The van der Waals surface area contributed by atoms with Crippen LogP contribution in [0.25, 0.3) is 0 Å². The van der Waals surface area contributed by atoms with Crippen molar-refractivity contribution in [3.8, 4) is 0 Å². The van der Waals surface area contributed by atoms with E-state index >= 15 is 0 Å². The van der Waals surface area contributed by atoms with Gasteiger partial charge in [-0.1, -0.05) is 38.5 Å². The van der Waals surface area contributed by atoms with Crippen LogP contribution < -0.4 is 0 Å². The van der Waals surface area contributed by atoms with Gasteiger partial charge in [-0.05, 0) is 19.8 Å². The normalized spacial score (nSPS) is 23.4. The molecule has 0 radical (unpaired) electrons. The Labute approximate surface area is 110 Å². The summed E-state index contributed by atoms with van der Waals surface area (Å²) in [5.41, 5.74) is 0. The maximum absolute atomic E-state index is 10.1. The molecule has 1 heterocycles. The Morgan fingerprint density at radius 3 is 2.06 bits per heavy atom. The molecule has 0 aromatic rings. The minimum absolute atomic E-state index is 0.164. The average molecular weight is 258 g/mol. The zero-order chi connectivity index (χ0) is 13.1. The van der Waals surface area contributed by atoms with Crippen LogP contribution in [0.15, 0.2) is 0 Å². The number of hydrogen-bond acceptors (Lipinski definition) is 4. The fourth-order valence-corrected chi connectivity index (χ4v) is 2.11. The highest BCUT2D eigenvalue weighted by Gasteiger charge is 2.23. The van der Waals surface area contributed by atoms with Crippen LogP contribution in [-0.4, -0.2) is 18.9 Å². The van der Waals surface area contributed by atoms with Crippen LogP contribution in [0.4, 0.5) is 0 Å². The topological polar surface area (TPSA) is 44.8 Å². The van der Waals surface area contributed by atoms with E-state index in [4.69, 9.17) is 14.5 Å². The summed E-state index contributed by atoms with van der Waals surface area (Å²) >= 11 is 0. The quantitative estimate of drug-likeness (QED) is 0.322. The van der Waals surface area contributed by atoms with Crippen molar-refractivity contribution >= 4 is 6.29 Å². The van der Waals surface area contributed by atoms with Crippen LogP contribution in [0.2, 0.25) is 0 Å². The molecule has 4 nitrogen and oxygen atoms in total. The third kappa shape index (κ3) is 7.80. The molecule has 18 heavy (non-hydrogen) atoms. The molecule has 4 heteroatoms. The van der Waals surface area contributed by atoms with Crippen molar-refractivity contribution < 1.29 is 19.3 Å². The first kappa shape index (κ1) is 15.6. The van der Waals surface area contributed by atoms with Gasteiger partial charge >= 0.3 is 0 Å². The zero-order valence-electron chi connectivity index (χ0n) is 11.4. The molecule has 0 N–H and O–H groups in total. The first-order valence-electron chi connectivity index (χ1n) is 7.24. The van der Waals surface area contributed by atoms with Crippen LogP contribution in [-0.2, 0) is 19.3 Å². The minimum Gasteiger partial charge on any atom is -0.318 e. The Morgan fingerprint density at radius 1 is 0.889 bits per heavy atom. The Kier molecular flexibility index (Phi) is 9.08. The lowest BCUT2D eigenvalue weighted by Gasteiger charge is -2.06. The van der Waals surface area contributed by atoms with Crippen LogP contribution in [0.5, 0.6) is 0 Å². The van der Waals surface area contributed by atoms with Crippen molar-refractivity contribution in [1.82, 2.24) is 0 Å². The zero-order valence-corrected chi connectivity index (χ0v) is 11.4. The fraction of sp³-hybridized carbons (Fsp3) is 0.929. The molecular formula is C14H26O4. The largest absolute Gasteiger partial charge is 0.318 e. The van der Waals surface area contributed by atoms with E-state index in [1.165, 1.54) is 38.5 Å². The van der Waals surface area contributed by atoms with E-state index in [0.717, 1.165) is 32.0 Å². The van der Waals surface area contributed by atoms with E-state index in [-0.39, 0.29) is 12.6 Å². The lowest BCUT2D eigenvalue weighted by atomic mass is 10.1. The fourth-order valence-electron chi connectivity index (χ4n) is 2.11. The van der Waals surface area contributed by atoms with Gasteiger partial charge in [-0.3, -0.25) is 0 Å². The van der Waals surface area contributed by atoms with Crippen molar-refractivity contribution in [2.24, 2.45) is 0 Å². The van der Waals surface area contributed by atoms with E-state index in [1.807, 2.05) is 6.92 Å². The monoisotopic (exact) mass is 258 g/mol. The predicted molar refractivity (Wildman–Crippen MR) is 68.7 cm³/mol. The molecule has 1 fully saturated rings. The van der Waals surface area contributed by atoms with Crippen molar-refractivity contribution in [2.45, 2.75) is 83.7 Å². The molecule has 1 aliphatic rings. The first-order chi connectivity index (χ1) is 8.83.